The molecule has 100 valence electrons. The highest BCUT2D eigenvalue weighted by Crippen LogP contribution is 2.09. The summed E-state index contributed by atoms with van der Waals surface area (Å²) in [6, 6.07) is 0. The van der Waals surface area contributed by atoms with Gasteiger partial charge in [-0.2, -0.15) is 0 Å². The number of carbonyl (C=O) groups excluding carboxylic acids is 1. The van der Waals surface area contributed by atoms with Crippen molar-refractivity contribution in [2.75, 3.05) is 0 Å². The average molecular weight is 242 g/mol. The van der Waals surface area contributed by atoms with E-state index < -0.39 is 5.97 Å². The van der Waals surface area contributed by atoms with E-state index in [-0.39, 0.29) is 6.42 Å². The fourth-order valence-electron chi connectivity index (χ4n) is 1.83. The minimum Gasteiger partial charge on any atom is -0.481 e. The molecule has 0 aliphatic heterocycles. The number of unbranched alkanes of at least 4 members (excludes halogenated alkanes) is 6. The number of carbonyl (C=O) groups is 2. The van der Waals surface area contributed by atoms with Gasteiger partial charge < -0.3 is 5.11 Å². The normalized spacial score (nSPS) is 10.4. The van der Waals surface area contributed by atoms with Crippen molar-refractivity contribution in [2.45, 2.75) is 77.6 Å². The van der Waals surface area contributed by atoms with Gasteiger partial charge in [0.25, 0.3) is 0 Å². The van der Waals surface area contributed by atoms with Crippen molar-refractivity contribution in [1.82, 2.24) is 0 Å². The third-order valence-electron chi connectivity index (χ3n) is 2.91. The van der Waals surface area contributed by atoms with E-state index >= 15 is 0 Å². The first-order chi connectivity index (χ1) is 8.16. The molecule has 0 aliphatic rings. The number of hydrogen-bond acceptors (Lipinski definition) is 2. The first-order valence-electron chi connectivity index (χ1n) is 6.90. The van der Waals surface area contributed by atoms with Gasteiger partial charge in [-0.15, -0.1) is 0 Å². The molecule has 1 N–H and O–H groups in total. The Morgan fingerprint density at radius 1 is 0.765 bits per heavy atom. The standard InChI is InChI=1S/C14H26O3/c1-2-3-4-5-7-10-13(15)11-8-6-9-12-14(16)17/h2-12H2,1H3,(H,16,17). The lowest BCUT2D eigenvalue weighted by Crippen LogP contribution is -1.98. The number of hydrogen-bond donors (Lipinski definition) is 1. The molecule has 0 aromatic rings. The van der Waals surface area contributed by atoms with Gasteiger partial charge in [0.2, 0.25) is 0 Å². The van der Waals surface area contributed by atoms with E-state index in [9.17, 15) is 9.59 Å². The number of carboxylic acids is 1. The number of ketones is 1. The zero-order chi connectivity index (χ0) is 12.9. The van der Waals surface area contributed by atoms with Gasteiger partial charge in [-0.1, -0.05) is 39.0 Å². The summed E-state index contributed by atoms with van der Waals surface area (Å²) in [6.07, 6.45) is 9.89. The second-order valence-corrected chi connectivity index (χ2v) is 4.66. The second kappa shape index (κ2) is 11.6. The molecule has 0 spiro atoms. The largest absolute Gasteiger partial charge is 0.481 e. The summed E-state index contributed by atoms with van der Waals surface area (Å²) in [7, 11) is 0. The van der Waals surface area contributed by atoms with Crippen LogP contribution in [0.2, 0.25) is 0 Å². The predicted molar refractivity (Wildman–Crippen MR) is 69.1 cm³/mol. The zero-order valence-electron chi connectivity index (χ0n) is 11.0. The fourth-order valence-corrected chi connectivity index (χ4v) is 1.83. The highest BCUT2D eigenvalue weighted by molar-refractivity contribution is 5.78. The maximum Gasteiger partial charge on any atom is 0.303 e. The molecular formula is C14H26O3. The van der Waals surface area contributed by atoms with Crippen LogP contribution in [0.1, 0.15) is 77.6 Å². The molecule has 0 heterocycles. The molecule has 0 aromatic carbocycles. The van der Waals surface area contributed by atoms with Crippen LogP contribution < -0.4 is 0 Å². The first kappa shape index (κ1) is 16.1. The Hall–Kier alpha value is -0.860. The average Bonchev–Trinajstić information content (AvgIpc) is 2.28. The van der Waals surface area contributed by atoms with Crippen LogP contribution in [0, 0.1) is 0 Å². The van der Waals surface area contributed by atoms with Crippen LogP contribution in [0.5, 0.6) is 0 Å². The summed E-state index contributed by atoms with van der Waals surface area (Å²) >= 11 is 0. The fraction of sp³-hybridized carbons (Fsp3) is 0.857. The summed E-state index contributed by atoms with van der Waals surface area (Å²) in [5.74, 6) is -0.399. The predicted octanol–water partition coefficient (Wildman–Crippen LogP) is 3.95. The monoisotopic (exact) mass is 242 g/mol. The van der Waals surface area contributed by atoms with Crippen molar-refractivity contribution < 1.29 is 14.7 Å². The molecule has 3 heteroatoms. The van der Waals surface area contributed by atoms with Gasteiger partial charge in [0.1, 0.15) is 5.78 Å². The topological polar surface area (TPSA) is 54.4 Å². The Labute approximate surface area is 105 Å². The maximum absolute atomic E-state index is 11.5. The number of aliphatic carboxylic acids is 1. The van der Waals surface area contributed by atoms with E-state index in [4.69, 9.17) is 5.11 Å². The molecular weight excluding hydrogens is 216 g/mol. The van der Waals surface area contributed by atoms with E-state index in [2.05, 4.69) is 6.92 Å². The molecule has 0 fully saturated rings. The van der Waals surface area contributed by atoms with E-state index in [1.165, 1.54) is 25.7 Å². The molecule has 0 unspecified atom stereocenters. The molecule has 0 bridgehead atoms. The number of rotatable bonds is 12. The van der Waals surface area contributed by atoms with Gasteiger partial charge in [0.15, 0.2) is 0 Å². The molecule has 0 aromatic heterocycles. The lowest BCUT2D eigenvalue weighted by atomic mass is 10.0. The molecule has 17 heavy (non-hydrogen) atoms. The van der Waals surface area contributed by atoms with Gasteiger partial charge in [-0.05, 0) is 19.3 Å². The molecule has 0 saturated carbocycles. The third kappa shape index (κ3) is 13.1. The summed E-state index contributed by atoms with van der Waals surface area (Å²) in [5, 5.41) is 8.44. The lowest BCUT2D eigenvalue weighted by molar-refractivity contribution is -0.137. The van der Waals surface area contributed by atoms with Crippen molar-refractivity contribution in [3.8, 4) is 0 Å². The number of carboxylic acid groups (broad SMARTS) is 1. The highest BCUT2D eigenvalue weighted by atomic mass is 16.4. The summed E-state index contributed by atoms with van der Waals surface area (Å²) < 4.78 is 0. The van der Waals surface area contributed by atoms with Crippen LogP contribution in [0.15, 0.2) is 0 Å². The van der Waals surface area contributed by atoms with E-state index in [0.717, 1.165) is 19.3 Å². The zero-order valence-corrected chi connectivity index (χ0v) is 11.0. The summed E-state index contributed by atoms with van der Waals surface area (Å²) in [6.45, 7) is 2.18. The second-order valence-electron chi connectivity index (χ2n) is 4.66. The Bertz CT molecular complexity index is 212. The van der Waals surface area contributed by atoms with Crippen LogP contribution in [0.4, 0.5) is 0 Å². The van der Waals surface area contributed by atoms with Gasteiger partial charge in [-0.3, -0.25) is 9.59 Å². The molecule has 0 rings (SSSR count). The highest BCUT2D eigenvalue weighted by Gasteiger charge is 2.02. The van der Waals surface area contributed by atoms with Gasteiger partial charge in [0.05, 0.1) is 0 Å². The molecule has 0 atom stereocenters. The van der Waals surface area contributed by atoms with Crippen LogP contribution in [0.3, 0.4) is 0 Å². The molecule has 0 amide bonds. The van der Waals surface area contributed by atoms with Crippen LogP contribution in [-0.2, 0) is 9.59 Å². The SMILES string of the molecule is CCCCCCCC(=O)CCCCCC(=O)O. The molecule has 3 nitrogen and oxygen atoms in total. The molecule has 0 radical (unpaired) electrons. The van der Waals surface area contributed by atoms with Gasteiger partial charge in [-0.25, -0.2) is 0 Å². The molecule has 0 saturated heterocycles. The van der Waals surface area contributed by atoms with Crippen LogP contribution in [-0.4, -0.2) is 16.9 Å². The van der Waals surface area contributed by atoms with Crippen LogP contribution >= 0.6 is 0 Å². The number of Topliss-reactive ketones (excluding diaryl/α,β-unsaturated/α-hetero) is 1. The van der Waals surface area contributed by atoms with Crippen LogP contribution in [0.25, 0.3) is 0 Å². The van der Waals surface area contributed by atoms with Gasteiger partial charge in [0, 0.05) is 19.3 Å². The van der Waals surface area contributed by atoms with E-state index in [1.54, 1.807) is 0 Å². The summed E-state index contributed by atoms with van der Waals surface area (Å²) in [5.41, 5.74) is 0. The maximum atomic E-state index is 11.5. The molecule has 0 aliphatic carbocycles. The first-order valence-corrected chi connectivity index (χ1v) is 6.90. The quantitative estimate of drug-likeness (QED) is 0.527. The Kier molecular flexibility index (Phi) is 11.0. The minimum absolute atomic E-state index is 0.227. The van der Waals surface area contributed by atoms with Crippen molar-refractivity contribution in [3.63, 3.8) is 0 Å². The smallest absolute Gasteiger partial charge is 0.303 e. The van der Waals surface area contributed by atoms with E-state index in [0.29, 0.717) is 25.0 Å². The van der Waals surface area contributed by atoms with E-state index in [1.807, 2.05) is 0 Å². The lowest BCUT2D eigenvalue weighted by Gasteiger charge is -2.01. The Morgan fingerprint density at radius 3 is 1.76 bits per heavy atom. The minimum atomic E-state index is -0.743. The van der Waals surface area contributed by atoms with Gasteiger partial charge >= 0.3 is 5.97 Å². The Morgan fingerprint density at radius 2 is 1.24 bits per heavy atom. The van der Waals surface area contributed by atoms with Crippen molar-refractivity contribution >= 4 is 11.8 Å². The van der Waals surface area contributed by atoms with Crippen molar-refractivity contribution in [1.29, 1.82) is 0 Å². The van der Waals surface area contributed by atoms with Crippen molar-refractivity contribution in [3.05, 3.63) is 0 Å². The van der Waals surface area contributed by atoms with Crippen molar-refractivity contribution in [2.24, 2.45) is 0 Å². The summed E-state index contributed by atoms with van der Waals surface area (Å²) in [4.78, 5) is 21.7. The Balaban J connectivity index is 3.20. The third-order valence-corrected chi connectivity index (χ3v) is 2.91.